The monoisotopic (exact) mass is 347 g/mol. The maximum Gasteiger partial charge on any atom is 0.341 e. The van der Waals surface area contributed by atoms with E-state index in [1.807, 2.05) is 19.9 Å². The third-order valence-corrected chi connectivity index (χ3v) is 4.40. The van der Waals surface area contributed by atoms with Crippen LogP contribution in [0.1, 0.15) is 53.7 Å². The number of methoxy groups -OCH3 is 1. The number of ether oxygens (including phenoxy) is 3. The molecule has 0 fully saturated rings. The van der Waals surface area contributed by atoms with Crippen LogP contribution in [0.5, 0.6) is 5.75 Å². The molecule has 0 radical (unpaired) electrons. The third kappa shape index (κ3) is 3.95. The highest BCUT2D eigenvalue weighted by Crippen LogP contribution is 2.39. The van der Waals surface area contributed by atoms with Gasteiger partial charge in [-0.25, -0.2) is 4.79 Å². The minimum Gasteiger partial charge on any atom is -0.496 e. The van der Waals surface area contributed by atoms with E-state index >= 15 is 0 Å². The predicted molar refractivity (Wildman–Crippen MR) is 94.6 cm³/mol. The Morgan fingerprint density at radius 1 is 1.36 bits per heavy atom. The van der Waals surface area contributed by atoms with Crippen LogP contribution < -0.4 is 10.5 Å². The van der Waals surface area contributed by atoms with Crippen LogP contribution >= 0.6 is 0 Å². The van der Waals surface area contributed by atoms with Gasteiger partial charge in [-0.3, -0.25) is 4.79 Å². The van der Waals surface area contributed by atoms with Gasteiger partial charge in [0.2, 0.25) is 0 Å². The summed E-state index contributed by atoms with van der Waals surface area (Å²) in [5.41, 5.74) is 10.6. The van der Waals surface area contributed by atoms with Crippen molar-refractivity contribution in [1.29, 1.82) is 0 Å². The number of benzene rings is 1. The molecule has 2 N–H and O–H groups in total. The average molecular weight is 347 g/mol. The van der Waals surface area contributed by atoms with Crippen molar-refractivity contribution in [3.8, 4) is 5.75 Å². The number of hydrogen-bond acceptors (Lipinski definition) is 6. The highest BCUT2D eigenvalue weighted by atomic mass is 16.5. The van der Waals surface area contributed by atoms with Crippen molar-refractivity contribution in [2.75, 3.05) is 19.5 Å². The van der Waals surface area contributed by atoms with Crippen molar-refractivity contribution in [2.24, 2.45) is 0 Å². The molecule has 6 heteroatoms. The molecule has 0 spiro atoms. The van der Waals surface area contributed by atoms with Gasteiger partial charge in [-0.15, -0.1) is 0 Å². The lowest BCUT2D eigenvalue weighted by Crippen LogP contribution is -2.08. The van der Waals surface area contributed by atoms with E-state index in [4.69, 9.17) is 19.9 Å². The standard InChI is InChI=1S/C19H25NO5/c1-5-24-15(21)9-7-11(2)6-8-13-17(20)16-14(10-25-19(16)22)12(3)18(13)23-4/h6H,5,7-10,20H2,1-4H3. The van der Waals surface area contributed by atoms with Gasteiger partial charge in [0.15, 0.2) is 0 Å². The lowest BCUT2D eigenvalue weighted by atomic mass is 9.94. The Hall–Kier alpha value is -2.50. The highest BCUT2D eigenvalue weighted by molar-refractivity contribution is 6.00. The molecular weight excluding hydrogens is 322 g/mol. The first-order valence-corrected chi connectivity index (χ1v) is 8.36. The number of hydrogen-bond donors (Lipinski definition) is 1. The molecule has 0 saturated heterocycles. The Kier molecular flexibility index (Phi) is 6.07. The zero-order valence-electron chi connectivity index (χ0n) is 15.2. The van der Waals surface area contributed by atoms with Crippen molar-refractivity contribution >= 4 is 17.6 Å². The van der Waals surface area contributed by atoms with Gasteiger partial charge in [0.25, 0.3) is 0 Å². The molecule has 6 nitrogen and oxygen atoms in total. The van der Waals surface area contributed by atoms with Gasteiger partial charge in [0, 0.05) is 17.5 Å². The van der Waals surface area contributed by atoms with Crippen molar-refractivity contribution in [2.45, 2.75) is 46.6 Å². The minimum absolute atomic E-state index is 0.205. The number of carbonyl (C=O) groups is 2. The first-order valence-electron chi connectivity index (χ1n) is 8.36. The summed E-state index contributed by atoms with van der Waals surface area (Å²) in [5.74, 6) is 0.0926. The van der Waals surface area contributed by atoms with Gasteiger partial charge in [-0.2, -0.15) is 0 Å². The number of nitrogen functional groups attached to an aromatic ring is 1. The summed E-state index contributed by atoms with van der Waals surface area (Å²) in [6, 6.07) is 0. The molecule has 25 heavy (non-hydrogen) atoms. The van der Waals surface area contributed by atoms with Crippen molar-refractivity contribution < 1.29 is 23.8 Å². The summed E-state index contributed by atoms with van der Waals surface area (Å²) >= 11 is 0. The molecule has 0 atom stereocenters. The van der Waals surface area contributed by atoms with Crippen LogP contribution in [0.3, 0.4) is 0 Å². The Balaban J connectivity index is 2.23. The zero-order valence-corrected chi connectivity index (χ0v) is 15.2. The summed E-state index contributed by atoms with van der Waals surface area (Å²) in [5, 5.41) is 0. The number of esters is 2. The quantitative estimate of drug-likeness (QED) is 0.463. The van der Waals surface area contributed by atoms with Gasteiger partial charge < -0.3 is 19.9 Å². The molecule has 1 aromatic carbocycles. The molecule has 0 unspecified atom stereocenters. The largest absolute Gasteiger partial charge is 0.496 e. The minimum atomic E-state index is -0.387. The molecule has 0 amide bonds. The molecule has 0 saturated carbocycles. The van der Waals surface area contributed by atoms with E-state index in [1.165, 1.54) is 0 Å². The Morgan fingerprint density at radius 3 is 2.72 bits per heavy atom. The number of anilines is 1. The summed E-state index contributed by atoms with van der Waals surface area (Å²) in [6.45, 7) is 6.27. The van der Waals surface area contributed by atoms with Crippen molar-refractivity contribution in [1.82, 2.24) is 0 Å². The third-order valence-electron chi connectivity index (χ3n) is 4.40. The molecule has 0 bridgehead atoms. The summed E-state index contributed by atoms with van der Waals surface area (Å²) < 4.78 is 15.6. The van der Waals surface area contributed by atoms with Crippen molar-refractivity contribution in [3.63, 3.8) is 0 Å². The smallest absolute Gasteiger partial charge is 0.341 e. The summed E-state index contributed by atoms with van der Waals surface area (Å²) in [4.78, 5) is 23.4. The molecule has 136 valence electrons. The van der Waals surface area contributed by atoms with Crippen molar-refractivity contribution in [3.05, 3.63) is 33.9 Å². The summed E-state index contributed by atoms with van der Waals surface area (Å²) in [7, 11) is 1.59. The SMILES string of the molecule is CCOC(=O)CCC(C)=CCc1c(N)c2c(c(C)c1OC)COC2=O. The molecule has 2 rings (SSSR count). The second-order valence-corrected chi connectivity index (χ2v) is 6.04. The van der Waals surface area contributed by atoms with Gasteiger partial charge in [-0.05, 0) is 39.2 Å². The Morgan fingerprint density at radius 2 is 2.08 bits per heavy atom. The van der Waals surface area contributed by atoms with Crippen LogP contribution in [0.2, 0.25) is 0 Å². The number of allylic oxidation sites excluding steroid dienone is 2. The van der Waals surface area contributed by atoms with E-state index in [2.05, 4.69) is 0 Å². The second-order valence-electron chi connectivity index (χ2n) is 6.04. The van der Waals surface area contributed by atoms with E-state index in [-0.39, 0.29) is 18.5 Å². The normalized spacial score (nSPS) is 13.4. The molecule has 1 heterocycles. The van der Waals surface area contributed by atoms with Gasteiger partial charge in [0.1, 0.15) is 12.4 Å². The van der Waals surface area contributed by atoms with E-state index in [0.717, 1.165) is 22.3 Å². The van der Waals surface area contributed by atoms with E-state index < -0.39 is 0 Å². The van der Waals surface area contributed by atoms with Gasteiger partial charge in [-0.1, -0.05) is 11.6 Å². The molecule has 0 aromatic heterocycles. The fourth-order valence-electron chi connectivity index (χ4n) is 3.00. The van der Waals surface area contributed by atoms with Crippen LogP contribution in [-0.4, -0.2) is 25.7 Å². The topological polar surface area (TPSA) is 87.8 Å². The lowest BCUT2D eigenvalue weighted by molar-refractivity contribution is -0.143. The molecule has 0 aliphatic carbocycles. The van der Waals surface area contributed by atoms with Crippen LogP contribution in [-0.2, 0) is 27.3 Å². The number of carbonyl (C=O) groups excluding carboxylic acids is 2. The fraction of sp³-hybridized carbons (Fsp3) is 0.474. The maximum atomic E-state index is 12.0. The number of fused-ring (bicyclic) bond motifs is 1. The average Bonchev–Trinajstić information content (AvgIpc) is 2.97. The van der Waals surface area contributed by atoms with Crippen LogP contribution in [0.15, 0.2) is 11.6 Å². The molecule has 1 aromatic rings. The predicted octanol–water partition coefficient (Wildman–Crippen LogP) is 3.09. The van der Waals surface area contributed by atoms with E-state index in [1.54, 1.807) is 14.0 Å². The maximum absolute atomic E-state index is 12.0. The zero-order chi connectivity index (χ0) is 18.6. The molecule has 1 aliphatic rings. The van der Waals surface area contributed by atoms with E-state index in [9.17, 15) is 9.59 Å². The first kappa shape index (κ1) is 18.8. The first-order chi connectivity index (χ1) is 11.9. The fourth-order valence-corrected chi connectivity index (χ4v) is 3.00. The molecule has 1 aliphatic heterocycles. The number of cyclic esters (lactones) is 1. The number of rotatable bonds is 7. The molecular formula is C19H25NO5. The highest BCUT2D eigenvalue weighted by Gasteiger charge is 2.30. The van der Waals surface area contributed by atoms with Crippen LogP contribution in [0, 0.1) is 6.92 Å². The van der Waals surface area contributed by atoms with Crippen LogP contribution in [0.25, 0.3) is 0 Å². The number of nitrogens with two attached hydrogens (primary N) is 1. The lowest BCUT2D eigenvalue weighted by Gasteiger charge is -2.16. The van der Waals surface area contributed by atoms with Crippen LogP contribution in [0.4, 0.5) is 5.69 Å². The van der Waals surface area contributed by atoms with E-state index in [0.29, 0.717) is 42.9 Å². The Labute approximate surface area is 147 Å². The second kappa shape index (κ2) is 8.05. The summed E-state index contributed by atoms with van der Waals surface area (Å²) in [6.07, 6.45) is 3.48. The van der Waals surface area contributed by atoms with Gasteiger partial charge in [0.05, 0.1) is 25.0 Å². The van der Waals surface area contributed by atoms with Gasteiger partial charge >= 0.3 is 11.9 Å². The Bertz CT molecular complexity index is 721.